The van der Waals surface area contributed by atoms with E-state index in [9.17, 15) is 9.59 Å². The van der Waals surface area contributed by atoms with Crippen LogP contribution in [-0.4, -0.2) is 19.0 Å². The Kier molecular flexibility index (Phi) is 2.73. The Bertz CT molecular complexity index is 550. The predicted molar refractivity (Wildman–Crippen MR) is 68.1 cm³/mol. The topological polar surface area (TPSA) is 46.6 Å². The number of carbonyl (C=O) groups excluding carboxylic acids is 2. The second-order valence-electron chi connectivity index (χ2n) is 4.43. The molecule has 0 saturated carbocycles. The lowest BCUT2D eigenvalue weighted by Crippen LogP contribution is -2.37. The molecule has 1 atom stereocenters. The van der Waals surface area contributed by atoms with Crippen LogP contribution in [0.5, 0.6) is 0 Å². The highest BCUT2D eigenvalue weighted by molar-refractivity contribution is 6.05. The number of hydrogen-bond donors (Lipinski definition) is 0. The molecule has 1 aliphatic heterocycles. The van der Waals surface area contributed by atoms with Gasteiger partial charge in [-0.15, -0.1) is 0 Å². The highest BCUT2D eigenvalue weighted by atomic mass is 16.5. The van der Waals surface area contributed by atoms with E-state index >= 15 is 0 Å². The molecule has 0 aromatic heterocycles. The van der Waals surface area contributed by atoms with E-state index in [1.807, 2.05) is 18.2 Å². The van der Waals surface area contributed by atoms with E-state index in [1.54, 1.807) is 13.0 Å². The van der Waals surface area contributed by atoms with Crippen LogP contribution < -0.4 is 4.90 Å². The molecule has 18 heavy (non-hydrogen) atoms. The van der Waals surface area contributed by atoms with Crippen molar-refractivity contribution in [2.75, 3.05) is 12.0 Å². The van der Waals surface area contributed by atoms with Gasteiger partial charge in [0, 0.05) is 12.6 Å². The largest absolute Gasteiger partial charge is 0.468 e. The Morgan fingerprint density at radius 2 is 1.94 bits per heavy atom. The SMILES string of the molecule is C=C1N(C(C)=O)c2ccccc2[C@]1(C)C(=O)OC. The minimum atomic E-state index is -1.00. The number of ether oxygens (including phenoxy) is 1. The highest BCUT2D eigenvalue weighted by Gasteiger charge is 2.50. The maximum atomic E-state index is 12.1. The summed E-state index contributed by atoms with van der Waals surface area (Å²) >= 11 is 0. The van der Waals surface area contributed by atoms with Crippen molar-refractivity contribution >= 4 is 17.6 Å². The minimum absolute atomic E-state index is 0.167. The molecule has 1 heterocycles. The van der Waals surface area contributed by atoms with Crippen molar-refractivity contribution in [3.63, 3.8) is 0 Å². The Morgan fingerprint density at radius 3 is 2.50 bits per heavy atom. The fourth-order valence-electron chi connectivity index (χ4n) is 2.41. The number of methoxy groups -OCH3 is 1. The number of rotatable bonds is 1. The average Bonchev–Trinajstić information content (AvgIpc) is 2.59. The average molecular weight is 245 g/mol. The Hall–Kier alpha value is -2.10. The molecule has 0 radical (unpaired) electrons. The summed E-state index contributed by atoms with van der Waals surface area (Å²) in [5, 5.41) is 0. The maximum Gasteiger partial charge on any atom is 0.322 e. The molecular formula is C14H15NO3. The van der Waals surface area contributed by atoms with Gasteiger partial charge in [-0.25, -0.2) is 0 Å². The number of para-hydroxylation sites is 1. The first-order valence-electron chi connectivity index (χ1n) is 5.62. The number of anilines is 1. The van der Waals surface area contributed by atoms with Crippen LogP contribution in [0.25, 0.3) is 0 Å². The Morgan fingerprint density at radius 1 is 1.33 bits per heavy atom. The summed E-state index contributed by atoms with van der Waals surface area (Å²) < 4.78 is 4.85. The monoisotopic (exact) mass is 245 g/mol. The van der Waals surface area contributed by atoms with Gasteiger partial charge in [-0.2, -0.15) is 0 Å². The fourth-order valence-corrected chi connectivity index (χ4v) is 2.41. The molecule has 1 aromatic carbocycles. The van der Waals surface area contributed by atoms with Gasteiger partial charge in [-0.1, -0.05) is 24.8 Å². The van der Waals surface area contributed by atoms with Gasteiger partial charge in [0.05, 0.1) is 12.8 Å². The molecule has 1 aliphatic rings. The molecule has 0 N–H and O–H groups in total. The predicted octanol–water partition coefficient (Wildman–Crippen LogP) is 2.00. The molecule has 0 spiro atoms. The van der Waals surface area contributed by atoms with Crippen molar-refractivity contribution in [1.29, 1.82) is 0 Å². The first-order chi connectivity index (χ1) is 8.44. The molecule has 4 heteroatoms. The number of benzene rings is 1. The number of nitrogens with zero attached hydrogens (tertiary/aromatic N) is 1. The van der Waals surface area contributed by atoms with Crippen LogP contribution in [0.3, 0.4) is 0 Å². The third kappa shape index (κ3) is 1.38. The van der Waals surface area contributed by atoms with Gasteiger partial charge in [0.1, 0.15) is 5.41 Å². The van der Waals surface area contributed by atoms with Crippen molar-refractivity contribution in [1.82, 2.24) is 0 Å². The van der Waals surface area contributed by atoms with Crippen molar-refractivity contribution in [2.45, 2.75) is 19.3 Å². The molecule has 1 aromatic rings. The summed E-state index contributed by atoms with van der Waals surface area (Å²) in [6.07, 6.45) is 0. The van der Waals surface area contributed by atoms with Gasteiger partial charge in [0.25, 0.3) is 0 Å². The zero-order chi connectivity index (χ0) is 13.5. The second-order valence-corrected chi connectivity index (χ2v) is 4.43. The zero-order valence-corrected chi connectivity index (χ0v) is 10.7. The number of amides is 1. The Labute approximate surface area is 106 Å². The molecule has 1 amide bonds. The number of esters is 1. The summed E-state index contributed by atoms with van der Waals surface area (Å²) in [5.74, 6) is -0.580. The second kappa shape index (κ2) is 3.98. The van der Waals surface area contributed by atoms with E-state index < -0.39 is 11.4 Å². The van der Waals surface area contributed by atoms with Crippen molar-refractivity contribution in [3.05, 3.63) is 42.1 Å². The molecule has 94 valence electrons. The normalized spacial score (nSPS) is 21.7. The van der Waals surface area contributed by atoms with E-state index in [-0.39, 0.29) is 5.91 Å². The molecule has 0 unspecified atom stereocenters. The van der Waals surface area contributed by atoms with Crippen LogP contribution in [0.15, 0.2) is 36.5 Å². The fraction of sp³-hybridized carbons (Fsp3) is 0.286. The van der Waals surface area contributed by atoms with Crippen LogP contribution in [0, 0.1) is 0 Å². The third-order valence-corrected chi connectivity index (χ3v) is 3.44. The summed E-state index contributed by atoms with van der Waals surface area (Å²) in [7, 11) is 1.33. The molecule has 0 fully saturated rings. The van der Waals surface area contributed by atoms with E-state index in [0.29, 0.717) is 11.4 Å². The molecule has 0 bridgehead atoms. The van der Waals surface area contributed by atoms with Gasteiger partial charge in [0.15, 0.2) is 0 Å². The first-order valence-corrected chi connectivity index (χ1v) is 5.62. The number of hydrogen-bond acceptors (Lipinski definition) is 3. The maximum absolute atomic E-state index is 12.1. The summed E-state index contributed by atoms with van der Waals surface area (Å²) in [4.78, 5) is 25.3. The van der Waals surface area contributed by atoms with Gasteiger partial charge >= 0.3 is 5.97 Å². The summed E-state index contributed by atoms with van der Waals surface area (Å²) in [6, 6.07) is 7.28. The smallest absolute Gasteiger partial charge is 0.322 e. The van der Waals surface area contributed by atoms with Gasteiger partial charge in [-0.05, 0) is 18.6 Å². The van der Waals surface area contributed by atoms with E-state index in [1.165, 1.54) is 18.9 Å². The lowest BCUT2D eigenvalue weighted by Gasteiger charge is -2.25. The molecule has 0 aliphatic carbocycles. The lowest BCUT2D eigenvalue weighted by molar-refractivity contribution is -0.145. The lowest BCUT2D eigenvalue weighted by atomic mass is 9.82. The van der Waals surface area contributed by atoms with Crippen LogP contribution in [0.4, 0.5) is 5.69 Å². The summed E-state index contributed by atoms with van der Waals surface area (Å²) in [6.45, 7) is 7.07. The number of carbonyl (C=O) groups is 2. The van der Waals surface area contributed by atoms with Crippen LogP contribution >= 0.6 is 0 Å². The van der Waals surface area contributed by atoms with E-state index in [0.717, 1.165) is 5.56 Å². The minimum Gasteiger partial charge on any atom is -0.468 e. The molecule has 2 rings (SSSR count). The van der Waals surface area contributed by atoms with Crippen molar-refractivity contribution < 1.29 is 14.3 Å². The molecular weight excluding hydrogens is 230 g/mol. The number of fused-ring (bicyclic) bond motifs is 1. The first kappa shape index (κ1) is 12.4. The van der Waals surface area contributed by atoms with Crippen LogP contribution in [0.2, 0.25) is 0 Å². The van der Waals surface area contributed by atoms with Crippen molar-refractivity contribution in [3.8, 4) is 0 Å². The quantitative estimate of drug-likeness (QED) is 0.711. The van der Waals surface area contributed by atoms with Gasteiger partial charge in [-0.3, -0.25) is 14.5 Å². The van der Waals surface area contributed by atoms with E-state index in [2.05, 4.69) is 6.58 Å². The third-order valence-electron chi connectivity index (χ3n) is 3.44. The molecule has 0 saturated heterocycles. The van der Waals surface area contributed by atoms with Crippen LogP contribution in [-0.2, 0) is 19.7 Å². The van der Waals surface area contributed by atoms with Gasteiger partial charge in [0.2, 0.25) is 5.91 Å². The standard InChI is InChI=1S/C14H15NO3/c1-9-14(3,13(17)18-4)11-7-5-6-8-12(11)15(9)10(2)16/h5-8H,1H2,2-4H3/t14-/m1/s1. The highest BCUT2D eigenvalue weighted by Crippen LogP contribution is 2.47. The van der Waals surface area contributed by atoms with Gasteiger partial charge < -0.3 is 4.74 Å². The van der Waals surface area contributed by atoms with Crippen LogP contribution in [0.1, 0.15) is 19.4 Å². The Balaban J connectivity index is 2.69. The van der Waals surface area contributed by atoms with Crippen molar-refractivity contribution in [2.24, 2.45) is 0 Å². The zero-order valence-electron chi connectivity index (χ0n) is 10.7. The summed E-state index contributed by atoms with van der Waals surface area (Å²) in [5.41, 5.74) is 0.875. The van der Waals surface area contributed by atoms with E-state index in [4.69, 9.17) is 4.74 Å². The molecule has 4 nitrogen and oxygen atoms in total.